The van der Waals surface area contributed by atoms with Crippen molar-refractivity contribution in [2.45, 2.75) is 19.8 Å². The number of nitrogens with zero attached hydrogens (tertiary/aromatic N) is 2. The number of ether oxygens (including phenoxy) is 2. The van der Waals surface area contributed by atoms with Crippen LogP contribution in [0.3, 0.4) is 0 Å². The van der Waals surface area contributed by atoms with Crippen molar-refractivity contribution in [3.63, 3.8) is 0 Å². The molecule has 0 atom stereocenters. The van der Waals surface area contributed by atoms with E-state index in [4.69, 9.17) is 9.47 Å². The Bertz CT molecular complexity index is 872. The van der Waals surface area contributed by atoms with Crippen LogP contribution >= 0.6 is 0 Å². The summed E-state index contributed by atoms with van der Waals surface area (Å²) in [5.74, 6) is 1.55. The average molecular weight is 353 g/mol. The topological polar surface area (TPSA) is 64.9 Å². The molecule has 3 aromatic rings. The molecule has 0 unspecified atom stereocenters. The molecule has 1 amide bonds. The summed E-state index contributed by atoms with van der Waals surface area (Å²) in [6.07, 6.45) is 4.90. The van der Waals surface area contributed by atoms with E-state index >= 15 is 0 Å². The third-order valence-corrected chi connectivity index (χ3v) is 4.02. The molecule has 6 nitrogen and oxygen atoms in total. The first kappa shape index (κ1) is 17.8. The van der Waals surface area contributed by atoms with Crippen LogP contribution < -0.4 is 14.8 Å². The lowest BCUT2D eigenvalue weighted by Gasteiger charge is -2.06. The smallest absolute Gasteiger partial charge is 0.224 e. The number of fused-ring (bicyclic) bond motifs is 1. The Labute approximate surface area is 152 Å². The zero-order chi connectivity index (χ0) is 18.4. The number of amides is 1. The number of rotatable bonds is 8. The van der Waals surface area contributed by atoms with Crippen molar-refractivity contribution in [3.8, 4) is 11.5 Å². The van der Waals surface area contributed by atoms with Crippen molar-refractivity contribution in [3.05, 3.63) is 60.0 Å². The van der Waals surface area contributed by atoms with Crippen molar-refractivity contribution in [2.75, 3.05) is 20.3 Å². The fraction of sp³-hybridized carbons (Fsp3) is 0.300. The summed E-state index contributed by atoms with van der Waals surface area (Å²) in [5.41, 5.74) is 2.66. The highest BCUT2D eigenvalue weighted by Gasteiger charge is 2.08. The quantitative estimate of drug-likeness (QED) is 0.676. The summed E-state index contributed by atoms with van der Waals surface area (Å²) >= 11 is 0. The first-order valence-electron chi connectivity index (χ1n) is 8.68. The van der Waals surface area contributed by atoms with Gasteiger partial charge in [-0.3, -0.25) is 4.79 Å². The number of hydrogen-bond donors (Lipinski definition) is 1. The third-order valence-electron chi connectivity index (χ3n) is 4.02. The van der Waals surface area contributed by atoms with Crippen molar-refractivity contribution in [1.29, 1.82) is 0 Å². The van der Waals surface area contributed by atoms with Crippen molar-refractivity contribution in [1.82, 2.24) is 14.7 Å². The summed E-state index contributed by atoms with van der Waals surface area (Å²) in [4.78, 5) is 16.7. The predicted molar refractivity (Wildman–Crippen MR) is 99.8 cm³/mol. The van der Waals surface area contributed by atoms with Gasteiger partial charge in [0.2, 0.25) is 5.91 Å². The minimum atomic E-state index is -0.00416. The number of aromatic nitrogens is 2. The maximum absolute atomic E-state index is 12.1. The second-order valence-electron chi connectivity index (χ2n) is 5.89. The monoisotopic (exact) mass is 353 g/mol. The Morgan fingerprint density at radius 3 is 2.77 bits per heavy atom. The molecule has 0 spiro atoms. The van der Waals surface area contributed by atoms with E-state index < -0.39 is 0 Å². The van der Waals surface area contributed by atoms with Gasteiger partial charge < -0.3 is 19.2 Å². The highest BCUT2D eigenvalue weighted by Crippen LogP contribution is 2.18. The van der Waals surface area contributed by atoms with E-state index in [0.717, 1.165) is 28.4 Å². The van der Waals surface area contributed by atoms with Gasteiger partial charge >= 0.3 is 0 Å². The van der Waals surface area contributed by atoms with Crippen molar-refractivity contribution < 1.29 is 14.3 Å². The Morgan fingerprint density at radius 1 is 1.23 bits per heavy atom. The number of nitrogens with one attached hydrogen (secondary N) is 1. The van der Waals surface area contributed by atoms with Gasteiger partial charge in [0.25, 0.3) is 0 Å². The third kappa shape index (κ3) is 4.33. The van der Waals surface area contributed by atoms with Crippen LogP contribution in [-0.2, 0) is 17.6 Å². The normalized spacial score (nSPS) is 10.7. The number of methoxy groups -OCH3 is 1. The Balaban J connectivity index is 1.50. The van der Waals surface area contributed by atoms with Gasteiger partial charge in [-0.25, -0.2) is 4.98 Å². The van der Waals surface area contributed by atoms with Gasteiger partial charge in [0.15, 0.2) is 11.4 Å². The molecule has 1 N–H and O–H groups in total. The highest BCUT2D eigenvalue weighted by molar-refractivity contribution is 5.78. The Kier molecular flexibility index (Phi) is 5.73. The van der Waals surface area contributed by atoms with Crippen LogP contribution in [0.5, 0.6) is 11.5 Å². The lowest BCUT2D eigenvalue weighted by atomic mass is 10.1. The van der Waals surface area contributed by atoms with Crippen LogP contribution in [0.25, 0.3) is 5.65 Å². The van der Waals surface area contributed by atoms with E-state index in [1.165, 1.54) is 0 Å². The number of hydrogen-bond acceptors (Lipinski definition) is 4. The summed E-state index contributed by atoms with van der Waals surface area (Å²) in [7, 11) is 1.63. The molecule has 0 saturated carbocycles. The summed E-state index contributed by atoms with van der Waals surface area (Å²) in [5, 5.41) is 2.94. The van der Waals surface area contributed by atoms with Crippen LogP contribution in [0.1, 0.15) is 18.2 Å². The van der Waals surface area contributed by atoms with Gasteiger partial charge in [-0.2, -0.15) is 0 Å². The Morgan fingerprint density at radius 2 is 2.04 bits per heavy atom. The molecule has 0 aliphatic heterocycles. The molecule has 3 rings (SSSR count). The van der Waals surface area contributed by atoms with Gasteiger partial charge in [-0.05, 0) is 36.8 Å². The standard InChI is InChI=1S/C20H23N3O3/c1-3-26-17-8-6-15(7-9-17)13-19(24)21-11-10-16-14-23-12-4-5-18(25-2)20(23)22-16/h4-9,12,14H,3,10-11,13H2,1-2H3,(H,21,24). The fourth-order valence-electron chi connectivity index (χ4n) is 2.77. The molecule has 26 heavy (non-hydrogen) atoms. The van der Waals surface area contributed by atoms with Crippen LogP contribution in [-0.4, -0.2) is 35.6 Å². The molecule has 136 valence electrons. The molecular formula is C20H23N3O3. The van der Waals surface area contributed by atoms with Gasteiger partial charge in [0, 0.05) is 25.4 Å². The zero-order valence-electron chi connectivity index (χ0n) is 15.1. The molecule has 0 fully saturated rings. The molecule has 0 bridgehead atoms. The summed E-state index contributed by atoms with van der Waals surface area (Å²) < 4.78 is 12.6. The molecule has 0 aliphatic rings. The van der Waals surface area contributed by atoms with Gasteiger partial charge in [0.05, 0.1) is 25.8 Å². The molecule has 2 heterocycles. The van der Waals surface area contributed by atoms with Gasteiger partial charge in [-0.1, -0.05) is 12.1 Å². The first-order valence-corrected chi connectivity index (χ1v) is 8.68. The van der Waals surface area contributed by atoms with Crippen LogP contribution in [0.2, 0.25) is 0 Å². The van der Waals surface area contributed by atoms with Gasteiger partial charge in [0.1, 0.15) is 5.75 Å². The SMILES string of the molecule is CCOc1ccc(CC(=O)NCCc2cn3cccc(OC)c3n2)cc1. The first-order chi connectivity index (χ1) is 12.7. The van der Waals surface area contributed by atoms with E-state index in [9.17, 15) is 4.79 Å². The fourth-order valence-corrected chi connectivity index (χ4v) is 2.77. The second-order valence-corrected chi connectivity index (χ2v) is 5.89. The number of imidazole rings is 1. The number of benzene rings is 1. The molecular weight excluding hydrogens is 330 g/mol. The number of carbonyl (C=O) groups excluding carboxylic acids is 1. The van der Waals surface area contributed by atoms with E-state index in [1.54, 1.807) is 7.11 Å². The second kappa shape index (κ2) is 8.38. The summed E-state index contributed by atoms with van der Waals surface area (Å²) in [6.45, 7) is 3.12. The van der Waals surface area contributed by atoms with Crippen LogP contribution in [0.15, 0.2) is 48.8 Å². The lowest BCUT2D eigenvalue weighted by Crippen LogP contribution is -2.27. The molecule has 1 aromatic carbocycles. The van der Waals surface area contributed by atoms with E-state index in [2.05, 4.69) is 10.3 Å². The molecule has 0 radical (unpaired) electrons. The van der Waals surface area contributed by atoms with E-state index in [1.807, 2.05) is 60.1 Å². The maximum Gasteiger partial charge on any atom is 0.224 e. The number of carbonyl (C=O) groups is 1. The van der Waals surface area contributed by atoms with E-state index in [-0.39, 0.29) is 5.91 Å². The molecule has 0 saturated heterocycles. The molecule has 2 aromatic heterocycles. The van der Waals surface area contributed by atoms with E-state index in [0.29, 0.717) is 26.0 Å². The summed E-state index contributed by atoms with van der Waals surface area (Å²) in [6, 6.07) is 11.4. The average Bonchev–Trinajstić information content (AvgIpc) is 3.06. The maximum atomic E-state index is 12.1. The zero-order valence-corrected chi connectivity index (χ0v) is 15.1. The van der Waals surface area contributed by atoms with Crippen LogP contribution in [0.4, 0.5) is 0 Å². The molecule has 6 heteroatoms. The van der Waals surface area contributed by atoms with Crippen molar-refractivity contribution in [2.24, 2.45) is 0 Å². The largest absolute Gasteiger partial charge is 0.494 e. The van der Waals surface area contributed by atoms with Gasteiger partial charge in [-0.15, -0.1) is 0 Å². The minimum Gasteiger partial charge on any atom is -0.494 e. The molecule has 0 aliphatic carbocycles. The van der Waals surface area contributed by atoms with Crippen molar-refractivity contribution >= 4 is 11.6 Å². The number of pyridine rings is 1. The Hall–Kier alpha value is -3.02. The minimum absolute atomic E-state index is 0.00416. The predicted octanol–water partition coefficient (Wildman–Crippen LogP) is 2.64. The highest BCUT2D eigenvalue weighted by atomic mass is 16.5. The van der Waals surface area contributed by atoms with Crippen LogP contribution in [0, 0.1) is 0 Å². The lowest BCUT2D eigenvalue weighted by molar-refractivity contribution is -0.120.